The summed E-state index contributed by atoms with van der Waals surface area (Å²) < 4.78 is 0.982. The molecule has 0 saturated carbocycles. The highest BCUT2D eigenvalue weighted by molar-refractivity contribution is 7.21. The lowest BCUT2D eigenvalue weighted by molar-refractivity contribution is 0.0949. The van der Waals surface area contributed by atoms with Gasteiger partial charge in [0.25, 0.3) is 5.91 Å². The van der Waals surface area contributed by atoms with Crippen LogP contribution in [0.25, 0.3) is 10.1 Å². The maximum Gasteiger partial charge on any atom is 0.264 e. The summed E-state index contributed by atoms with van der Waals surface area (Å²) >= 11 is 1.39. The number of terminal acetylenes is 1. The molecule has 0 bridgehead atoms. The summed E-state index contributed by atoms with van der Waals surface area (Å²) in [6, 6.07) is 1.69. The smallest absolute Gasteiger partial charge is 0.264 e. The molecule has 5 heteroatoms. The zero-order chi connectivity index (χ0) is 15.6. The van der Waals surface area contributed by atoms with E-state index in [1.165, 1.54) is 11.3 Å². The standard InChI is InChI=1S/C16H19N3OS/c1-5-7-11(6-2)19-16(20)15-14(17)13-10(4)18-9(3)8-12(13)21-15/h2,8,11H,5,7,17H2,1,3-4H3,(H,19,20). The number of carbonyl (C=O) groups is 1. The number of nitrogen functional groups attached to an aromatic ring is 1. The molecule has 1 unspecified atom stereocenters. The number of hydrogen-bond acceptors (Lipinski definition) is 4. The van der Waals surface area contributed by atoms with Crippen molar-refractivity contribution >= 4 is 33.0 Å². The molecule has 0 fully saturated rings. The molecule has 2 aromatic rings. The first-order chi connectivity index (χ1) is 9.97. The monoisotopic (exact) mass is 301 g/mol. The zero-order valence-corrected chi connectivity index (χ0v) is 13.3. The quantitative estimate of drug-likeness (QED) is 0.853. The maximum atomic E-state index is 12.4. The number of fused-ring (bicyclic) bond motifs is 1. The van der Waals surface area contributed by atoms with Gasteiger partial charge in [-0.25, -0.2) is 0 Å². The summed E-state index contributed by atoms with van der Waals surface area (Å²) in [6.45, 7) is 5.86. The van der Waals surface area contributed by atoms with E-state index in [2.05, 4.69) is 16.2 Å². The summed E-state index contributed by atoms with van der Waals surface area (Å²) in [5.74, 6) is 2.39. The Morgan fingerprint density at radius 3 is 2.90 bits per heavy atom. The predicted octanol–water partition coefficient (Wildman–Crippen LogP) is 3.03. The fourth-order valence-electron chi connectivity index (χ4n) is 2.36. The second-order valence-electron chi connectivity index (χ2n) is 5.05. The van der Waals surface area contributed by atoms with Crippen LogP contribution in [0.4, 0.5) is 5.69 Å². The van der Waals surface area contributed by atoms with E-state index < -0.39 is 0 Å². The van der Waals surface area contributed by atoms with Crippen LogP contribution in [-0.2, 0) is 0 Å². The topological polar surface area (TPSA) is 68.0 Å². The van der Waals surface area contributed by atoms with Gasteiger partial charge in [0.05, 0.1) is 11.7 Å². The minimum absolute atomic E-state index is 0.206. The highest BCUT2D eigenvalue weighted by atomic mass is 32.1. The molecular formula is C16H19N3OS. The summed E-state index contributed by atoms with van der Waals surface area (Å²) in [5.41, 5.74) is 8.39. The lowest BCUT2D eigenvalue weighted by Gasteiger charge is -2.11. The number of amides is 1. The van der Waals surface area contributed by atoms with Gasteiger partial charge < -0.3 is 11.1 Å². The molecule has 4 nitrogen and oxygen atoms in total. The Labute approximate surface area is 128 Å². The van der Waals surface area contributed by atoms with E-state index in [4.69, 9.17) is 12.2 Å². The first-order valence-electron chi connectivity index (χ1n) is 6.91. The number of thiophene rings is 1. The molecule has 0 aromatic carbocycles. The molecule has 110 valence electrons. The van der Waals surface area contributed by atoms with E-state index >= 15 is 0 Å². The van der Waals surface area contributed by atoms with Crippen molar-refractivity contribution in [2.75, 3.05) is 5.73 Å². The fraction of sp³-hybridized carbons (Fsp3) is 0.375. The molecular weight excluding hydrogens is 282 g/mol. The number of nitrogens with one attached hydrogen (secondary N) is 1. The van der Waals surface area contributed by atoms with E-state index in [9.17, 15) is 4.79 Å². The van der Waals surface area contributed by atoms with Gasteiger partial charge >= 0.3 is 0 Å². The van der Waals surface area contributed by atoms with Crippen molar-refractivity contribution in [3.8, 4) is 12.3 Å². The lowest BCUT2D eigenvalue weighted by atomic mass is 10.1. The second-order valence-corrected chi connectivity index (χ2v) is 6.10. The molecule has 0 aliphatic rings. The number of anilines is 1. The van der Waals surface area contributed by atoms with Crippen LogP contribution in [0.3, 0.4) is 0 Å². The highest BCUT2D eigenvalue weighted by Gasteiger charge is 2.20. The normalized spacial score (nSPS) is 12.1. The summed E-state index contributed by atoms with van der Waals surface area (Å²) in [7, 11) is 0. The van der Waals surface area contributed by atoms with Gasteiger partial charge in [0.1, 0.15) is 4.88 Å². The van der Waals surface area contributed by atoms with E-state index in [1.807, 2.05) is 26.8 Å². The van der Waals surface area contributed by atoms with E-state index in [1.54, 1.807) is 0 Å². The van der Waals surface area contributed by atoms with Gasteiger partial charge in [0.15, 0.2) is 0 Å². The SMILES string of the molecule is C#CC(CCC)NC(=O)c1sc2cc(C)nc(C)c2c1N. The average Bonchev–Trinajstić information content (AvgIpc) is 2.75. The number of nitrogens with two attached hydrogens (primary N) is 1. The Hall–Kier alpha value is -2.06. The van der Waals surface area contributed by atoms with Gasteiger partial charge in [-0.2, -0.15) is 0 Å². The van der Waals surface area contributed by atoms with E-state index in [0.29, 0.717) is 10.6 Å². The average molecular weight is 301 g/mol. The Bertz CT molecular complexity index is 727. The van der Waals surface area contributed by atoms with Gasteiger partial charge in [-0.3, -0.25) is 9.78 Å². The Morgan fingerprint density at radius 2 is 2.29 bits per heavy atom. The predicted molar refractivity (Wildman–Crippen MR) is 88.5 cm³/mol. The minimum Gasteiger partial charge on any atom is -0.397 e. The van der Waals surface area contributed by atoms with Crippen molar-refractivity contribution in [1.82, 2.24) is 10.3 Å². The number of aromatic nitrogens is 1. The third kappa shape index (κ3) is 3.01. The molecule has 0 aliphatic heterocycles. The van der Waals surface area contributed by atoms with Crippen LogP contribution in [0.15, 0.2) is 6.07 Å². The second kappa shape index (κ2) is 6.15. The van der Waals surface area contributed by atoms with Crippen molar-refractivity contribution in [2.45, 2.75) is 39.7 Å². The van der Waals surface area contributed by atoms with Crippen molar-refractivity contribution in [3.63, 3.8) is 0 Å². The van der Waals surface area contributed by atoms with E-state index in [-0.39, 0.29) is 11.9 Å². The highest BCUT2D eigenvalue weighted by Crippen LogP contribution is 2.35. The third-order valence-electron chi connectivity index (χ3n) is 3.31. The number of rotatable bonds is 4. The molecule has 1 atom stereocenters. The zero-order valence-electron chi connectivity index (χ0n) is 12.5. The van der Waals surface area contributed by atoms with Gasteiger partial charge in [-0.1, -0.05) is 19.3 Å². The summed E-state index contributed by atoms with van der Waals surface area (Å²) in [5, 5.41) is 3.72. The van der Waals surface area contributed by atoms with Gasteiger partial charge in [0, 0.05) is 21.5 Å². The molecule has 2 aromatic heterocycles. The van der Waals surface area contributed by atoms with Crippen LogP contribution < -0.4 is 11.1 Å². The number of pyridine rings is 1. The Morgan fingerprint density at radius 1 is 1.57 bits per heavy atom. The van der Waals surface area contributed by atoms with Crippen LogP contribution in [0, 0.1) is 26.2 Å². The van der Waals surface area contributed by atoms with Gasteiger partial charge in [-0.15, -0.1) is 17.8 Å². The molecule has 0 aliphatic carbocycles. The van der Waals surface area contributed by atoms with Crippen LogP contribution in [0.1, 0.15) is 40.8 Å². The lowest BCUT2D eigenvalue weighted by Crippen LogP contribution is -2.33. The number of carbonyl (C=O) groups excluding carboxylic acids is 1. The van der Waals surface area contributed by atoms with Gasteiger partial charge in [0.2, 0.25) is 0 Å². The number of nitrogens with zero attached hydrogens (tertiary/aromatic N) is 1. The molecule has 0 saturated heterocycles. The molecule has 0 spiro atoms. The van der Waals surface area contributed by atoms with Crippen LogP contribution in [-0.4, -0.2) is 16.9 Å². The maximum absolute atomic E-state index is 12.4. The van der Waals surface area contributed by atoms with E-state index in [0.717, 1.165) is 34.3 Å². The summed E-state index contributed by atoms with van der Waals surface area (Å²) in [6.07, 6.45) is 7.11. The number of aryl methyl sites for hydroxylation is 2. The van der Waals surface area contributed by atoms with Crippen LogP contribution in [0.2, 0.25) is 0 Å². The van der Waals surface area contributed by atoms with Crippen LogP contribution in [0.5, 0.6) is 0 Å². The molecule has 3 N–H and O–H groups in total. The number of hydrogen-bond donors (Lipinski definition) is 2. The molecule has 21 heavy (non-hydrogen) atoms. The Balaban J connectivity index is 2.39. The molecule has 1 amide bonds. The largest absolute Gasteiger partial charge is 0.397 e. The summed E-state index contributed by atoms with van der Waals surface area (Å²) in [4.78, 5) is 17.3. The van der Waals surface area contributed by atoms with Crippen molar-refractivity contribution in [2.24, 2.45) is 0 Å². The molecule has 2 rings (SSSR count). The van der Waals surface area contributed by atoms with Gasteiger partial charge in [-0.05, 0) is 26.3 Å². The third-order valence-corrected chi connectivity index (χ3v) is 4.46. The minimum atomic E-state index is -0.256. The fourth-order valence-corrected chi connectivity index (χ4v) is 3.53. The molecule has 0 radical (unpaired) electrons. The van der Waals surface area contributed by atoms with Crippen molar-refractivity contribution < 1.29 is 4.79 Å². The first-order valence-corrected chi connectivity index (χ1v) is 7.72. The van der Waals surface area contributed by atoms with Crippen LogP contribution >= 0.6 is 11.3 Å². The first kappa shape index (κ1) is 15.3. The van der Waals surface area contributed by atoms with Crippen molar-refractivity contribution in [3.05, 3.63) is 22.3 Å². The van der Waals surface area contributed by atoms with Crippen molar-refractivity contribution in [1.29, 1.82) is 0 Å². The molecule has 2 heterocycles. The Kier molecular flexibility index (Phi) is 4.49.